The molecule has 110 valence electrons. The number of benzene rings is 1. The highest BCUT2D eigenvalue weighted by molar-refractivity contribution is 7.20. The van der Waals surface area contributed by atoms with Crippen LogP contribution < -0.4 is 0 Å². The van der Waals surface area contributed by atoms with Crippen molar-refractivity contribution >= 4 is 32.7 Å². The maximum absolute atomic E-state index is 10.8. The van der Waals surface area contributed by atoms with Crippen LogP contribution in [0.4, 0.5) is 5.69 Å². The van der Waals surface area contributed by atoms with Crippen LogP contribution in [0.25, 0.3) is 15.7 Å². The van der Waals surface area contributed by atoms with Crippen LogP contribution in [-0.2, 0) is 0 Å². The van der Waals surface area contributed by atoms with E-state index >= 15 is 0 Å². The van der Waals surface area contributed by atoms with Crippen molar-refractivity contribution in [2.24, 2.45) is 0 Å². The Balaban J connectivity index is 1.90. The summed E-state index contributed by atoms with van der Waals surface area (Å²) in [6.07, 6.45) is 3.34. The van der Waals surface area contributed by atoms with Crippen LogP contribution in [0.1, 0.15) is 25.1 Å². The van der Waals surface area contributed by atoms with Crippen molar-refractivity contribution in [2.75, 3.05) is 13.1 Å². The summed E-state index contributed by atoms with van der Waals surface area (Å²) < 4.78 is 1.11. The zero-order chi connectivity index (χ0) is 15.0. The summed E-state index contributed by atoms with van der Waals surface area (Å²) in [7, 11) is 0. The molecule has 0 saturated heterocycles. The van der Waals surface area contributed by atoms with Gasteiger partial charge in [0.25, 0.3) is 5.69 Å². The summed E-state index contributed by atoms with van der Waals surface area (Å²) in [6, 6.07) is 7.76. The van der Waals surface area contributed by atoms with Gasteiger partial charge in [0.05, 0.1) is 4.92 Å². The Labute approximate surface area is 127 Å². The van der Waals surface area contributed by atoms with Gasteiger partial charge in [0, 0.05) is 40.8 Å². The van der Waals surface area contributed by atoms with Gasteiger partial charge in [-0.3, -0.25) is 15.0 Å². The van der Waals surface area contributed by atoms with E-state index in [1.807, 2.05) is 6.07 Å². The van der Waals surface area contributed by atoms with Crippen molar-refractivity contribution in [3.8, 4) is 0 Å². The number of fused-ring (bicyclic) bond motifs is 1. The number of thiophene rings is 1. The van der Waals surface area contributed by atoms with Gasteiger partial charge in [-0.2, -0.15) is 0 Å². The van der Waals surface area contributed by atoms with Gasteiger partial charge in [0.15, 0.2) is 0 Å². The molecule has 5 heteroatoms. The number of rotatable bonds is 3. The Bertz CT molecular complexity index is 718. The first-order valence-corrected chi connectivity index (χ1v) is 7.97. The number of nitro benzene ring substituents is 1. The highest BCUT2D eigenvalue weighted by atomic mass is 32.1. The number of non-ortho nitro benzene ring substituents is 1. The Morgan fingerprint density at radius 1 is 1.33 bits per heavy atom. The van der Waals surface area contributed by atoms with Gasteiger partial charge in [-0.25, -0.2) is 0 Å². The van der Waals surface area contributed by atoms with Crippen LogP contribution in [0.15, 0.2) is 30.3 Å². The zero-order valence-electron chi connectivity index (χ0n) is 12.2. The van der Waals surface area contributed by atoms with E-state index in [0.717, 1.165) is 29.6 Å². The van der Waals surface area contributed by atoms with E-state index in [9.17, 15) is 10.1 Å². The summed E-state index contributed by atoms with van der Waals surface area (Å²) in [5.41, 5.74) is 1.53. The predicted molar refractivity (Wildman–Crippen MR) is 87.8 cm³/mol. The number of hydrogen-bond donors (Lipinski definition) is 0. The molecule has 0 radical (unpaired) electrons. The average Bonchev–Trinajstić information content (AvgIpc) is 2.90. The predicted octanol–water partition coefficient (Wildman–Crippen LogP) is 4.31. The first-order chi connectivity index (χ1) is 10.0. The number of nitrogens with zero attached hydrogens (tertiary/aromatic N) is 2. The molecule has 1 aliphatic heterocycles. The molecule has 0 aliphatic carbocycles. The fraction of sp³-hybridized carbons (Fsp3) is 0.375. The molecule has 0 unspecified atom stereocenters. The Morgan fingerprint density at radius 2 is 2.14 bits per heavy atom. The molecular weight excluding hydrogens is 284 g/mol. The summed E-state index contributed by atoms with van der Waals surface area (Å²) >= 11 is 1.72. The van der Waals surface area contributed by atoms with Crippen molar-refractivity contribution in [1.29, 1.82) is 0 Å². The fourth-order valence-electron chi connectivity index (χ4n) is 2.68. The van der Waals surface area contributed by atoms with Crippen molar-refractivity contribution in [3.63, 3.8) is 0 Å². The molecule has 0 amide bonds. The molecular formula is C16H18N2O2S. The molecule has 0 saturated carbocycles. The lowest BCUT2D eigenvalue weighted by molar-refractivity contribution is -0.384. The third-order valence-corrected chi connectivity index (χ3v) is 5.19. The van der Waals surface area contributed by atoms with E-state index in [1.165, 1.54) is 10.5 Å². The molecule has 0 bridgehead atoms. The smallest absolute Gasteiger partial charge is 0.270 e. The maximum Gasteiger partial charge on any atom is 0.270 e. The van der Waals surface area contributed by atoms with E-state index in [0.29, 0.717) is 6.04 Å². The van der Waals surface area contributed by atoms with E-state index in [4.69, 9.17) is 0 Å². The highest BCUT2D eigenvalue weighted by Gasteiger charge is 2.17. The standard InChI is InChI=1S/C16H18N2O2S/c1-11(2)17-7-5-12(6-8-17)16-10-13-9-14(18(19)20)3-4-15(13)21-16/h3-5,9-11H,6-8H2,1-2H3. The highest BCUT2D eigenvalue weighted by Crippen LogP contribution is 2.35. The second-order valence-electron chi connectivity index (χ2n) is 5.66. The van der Waals surface area contributed by atoms with E-state index < -0.39 is 0 Å². The minimum absolute atomic E-state index is 0.162. The van der Waals surface area contributed by atoms with Crippen molar-refractivity contribution in [1.82, 2.24) is 4.90 Å². The van der Waals surface area contributed by atoms with Gasteiger partial charge in [-0.05, 0) is 43.4 Å². The number of hydrogen-bond acceptors (Lipinski definition) is 4. The average molecular weight is 302 g/mol. The van der Waals surface area contributed by atoms with Crippen LogP contribution in [0.5, 0.6) is 0 Å². The van der Waals surface area contributed by atoms with Gasteiger partial charge in [-0.1, -0.05) is 6.08 Å². The monoisotopic (exact) mass is 302 g/mol. The van der Waals surface area contributed by atoms with Crippen molar-refractivity contribution in [3.05, 3.63) is 45.3 Å². The SMILES string of the molecule is CC(C)N1CC=C(c2cc3cc([N+](=O)[O-])ccc3s2)CC1. The Morgan fingerprint density at radius 3 is 2.76 bits per heavy atom. The van der Waals surface area contributed by atoms with Gasteiger partial charge < -0.3 is 0 Å². The molecule has 0 spiro atoms. The second-order valence-corrected chi connectivity index (χ2v) is 6.74. The summed E-state index contributed by atoms with van der Waals surface area (Å²) in [4.78, 5) is 14.2. The van der Waals surface area contributed by atoms with Crippen LogP contribution >= 0.6 is 11.3 Å². The number of nitro groups is 1. The first kappa shape index (κ1) is 14.2. The molecule has 0 fully saturated rings. The molecule has 1 aliphatic rings. The minimum Gasteiger partial charge on any atom is -0.297 e. The van der Waals surface area contributed by atoms with Gasteiger partial charge in [0.2, 0.25) is 0 Å². The van der Waals surface area contributed by atoms with Crippen LogP contribution in [0, 0.1) is 10.1 Å². The lowest BCUT2D eigenvalue weighted by atomic mass is 10.0. The Hall–Kier alpha value is -1.72. The molecule has 21 heavy (non-hydrogen) atoms. The van der Waals surface area contributed by atoms with Crippen LogP contribution in [0.2, 0.25) is 0 Å². The molecule has 2 aromatic rings. The molecule has 0 N–H and O–H groups in total. The molecule has 1 aromatic carbocycles. The fourth-order valence-corrected chi connectivity index (χ4v) is 3.79. The van der Waals surface area contributed by atoms with Crippen LogP contribution in [-0.4, -0.2) is 29.0 Å². The minimum atomic E-state index is -0.336. The summed E-state index contributed by atoms with van der Waals surface area (Å²) in [5, 5.41) is 11.8. The summed E-state index contributed by atoms with van der Waals surface area (Å²) in [6.45, 7) is 6.51. The zero-order valence-corrected chi connectivity index (χ0v) is 13.0. The van der Waals surface area contributed by atoms with Crippen LogP contribution in [0.3, 0.4) is 0 Å². The molecule has 3 rings (SSSR count). The van der Waals surface area contributed by atoms with Crippen molar-refractivity contribution < 1.29 is 4.92 Å². The maximum atomic E-state index is 10.8. The molecule has 2 heterocycles. The quantitative estimate of drug-likeness (QED) is 0.627. The lowest BCUT2D eigenvalue weighted by Crippen LogP contribution is -2.34. The van der Waals surface area contributed by atoms with Gasteiger partial charge >= 0.3 is 0 Å². The van der Waals surface area contributed by atoms with Gasteiger partial charge in [0.1, 0.15) is 0 Å². The lowest BCUT2D eigenvalue weighted by Gasteiger charge is -2.29. The first-order valence-electron chi connectivity index (χ1n) is 7.16. The van der Waals surface area contributed by atoms with E-state index in [2.05, 4.69) is 30.9 Å². The van der Waals surface area contributed by atoms with E-state index in [-0.39, 0.29) is 10.6 Å². The Kier molecular flexibility index (Phi) is 3.78. The molecule has 0 atom stereocenters. The molecule has 4 nitrogen and oxygen atoms in total. The second kappa shape index (κ2) is 5.58. The third-order valence-electron chi connectivity index (χ3n) is 4.00. The van der Waals surface area contributed by atoms with E-state index in [1.54, 1.807) is 23.5 Å². The largest absolute Gasteiger partial charge is 0.297 e. The third kappa shape index (κ3) is 2.84. The molecule has 1 aromatic heterocycles. The summed E-state index contributed by atoms with van der Waals surface area (Å²) in [5.74, 6) is 0. The normalized spacial score (nSPS) is 16.4. The topological polar surface area (TPSA) is 46.4 Å². The van der Waals surface area contributed by atoms with Gasteiger partial charge in [-0.15, -0.1) is 11.3 Å². The van der Waals surface area contributed by atoms with Crippen molar-refractivity contribution in [2.45, 2.75) is 26.3 Å².